The quantitative estimate of drug-likeness (QED) is 0.353. The Morgan fingerprint density at radius 2 is 0.939 bits per heavy atom. The van der Waals surface area contributed by atoms with Gasteiger partial charge in [0.25, 0.3) is 0 Å². The number of rotatable bonds is 10. The second-order valence-electron chi connectivity index (χ2n) is 6.68. The van der Waals surface area contributed by atoms with Crippen LogP contribution in [0.15, 0.2) is 48.5 Å². The van der Waals surface area contributed by atoms with Crippen molar-refractivity contribution in [2.45, 2.75) is 39.5 Å². The van der Waals surface area contributed by atoms with Gasteiger partial charge in [0.15, 0.2) is 0 Å². The van der Waals surface area contributed by atoms with Gasteiger partial charge in [-0.25, -0.2) is 19.2 Å². The monoisotopic (exact) mass is 503 g/mol. The molecule has 1 radical (unpaired) electrons. The van der Waals surface area contributed by atoms with Gasteiger partial charge in [0.05, 0.1) is 35.5 Å². The summed E-state index contributed by atoms with van der Waals surface area (Å²) in [5, 5.41) is 17.8. The molecule has 0 saturated carbocycles. The van der Waals surface area contributed by atoms with Gasteiger partial charge in [-0.05, 0) is 37.1 Å². The molecule has 9 heteroatoms. The number of aromatic carboxylic acids is 2. The van der Waals surface area contributed by atoms with Crippen LogP contribution in [0.4, 0.5) is 0 Å². The standard InChI is InChI=1S/2C12H14O4.Co/c2*1-2-3-8-16-12(15)10-7-5-4-6-9(10)11(13)14;/h2*4-7H,2-3,8H2,1H3,(H,13,14);. The van der Waals surface area contributed by atoms with Gasteiger partial charge < -0.3 is 19.7 Å². The molecule has 2 N–H and O–H groups in total. The number of ether oxygens (including phenoxy) is 2. The Bertz CT molecular complexity index is 851. The fourth-order valence-corrected chi connectivity index (χ4v) is 2.47. The summed E-state index contributed by atoms with van der Waals surface area (Å²) >= 11 is 0. The number of hydrogen-bond acceptors (Lipinski definition) is 6. The predicted octanol–water partition coefficient (Wildman–Crippen LogP) is 4.68. The molecule has 2 aromatic carbocycles. The minimum Gasteiger partial charge on any atom is -0.478 e. The van der Waals surface area contributed by atoms with Crippen LogP contribution in [0.1, 0.15) is 81.0 Å². The molecule has 8 nitrogen and oxygen atoms in total. The molecule has 0 unspecified atom stereocenters. The first-order chi connectivity index (χ1) is 15.3. The average Bonchev–Trinajstić information content (AvgIpc) is 2.79. The first-order valence-electron chi connectivity index (χ1n) is 10.3. The predicted molar refractivity (Wildman–Crippen MR) is 117 cm³/mol. The molecule has 0 atom stereocenters. The molecule has 0 aliphatic heterocycles. The van der Waals surface area contributed by atoms with Crippen LogP contribution in [0.25, 0.3) is 0 Å². The normalized spacial score (nSPS) is 9.52. The van der Waals surface area contributed by atoms with Crippen molar-refractivity contribution in [3.63, 3.8) is 0 Å². The number of unbranched alkanes of at least 4 members (excludes halogenated alkanes) is 2. The maximum absolute atomic E-state index is 11.6. The van der Waals surface area contributed by atoms with Crippen molar-refractivity contribution in [1.82, 2.24) is 0 Å². The summed E-state index contributed by atoms with van der Waals surface area (Å²) in [6.07, 6.45) is 3.41. The average molecular weight is 503 g/mol. The summed E-state index contributed by atoms with van der Waals surface area (Å²) in [4.78, 5) is 44.8. The van der Waals surface area contributed by atoms with Crippen molar-refractivity contribution in [1.29, 1.82) is 0 Å². The molecule has 181 valence electrons. The maximum Gasteiger partial charge on any atom is 0.339 e. The molecule has 0 aliphatic rings. The Morgan fingerprint density at radius 1 is 0.636 bits per heavy atom. The summed E-state index contributed by atoms with van der Waals surface area (Å²) in [6.45, 7) is 4.62. The first kappa shape index (κ1) is 29.8. The zero-order valence-electron chi connectivity index (χ0n) is 18.5. The van der Waals surface area contributed by atoms with E-state index < -0.39 is 23.9 Å². The number of benzene rings is 2. The van der Waals surface area contributed by atoms with E-state index in [1.54, 1.807) is 24.3 Å². The summed E-state index contributed by atoms with van der Waals surface area (Å²) in [5.74, 6) is -3.40. The second-order valence-corrected chi connectivity index (χ2v) is 6.68. The minimum absolute atomic E-state index is 0. The Hall–Kier alpha value is -3.17. The van der Waals surface area contributed by atoms with Crippen LogP contribution in [-0.2, 0) is 26.3 Å². The molecule has 0 bridgehead atoms. The number of esters is 2. The molecule has 0 heterocycles. The maximum atomic E-state index is 11.6. The SMILES string of the molecule is CCCCOC(=O)c1ccccc1C(=O)O.CCCCOC(=O)c1ccccc1C(=O)O.[Co]. The van der Waals surface area contributed by atoms with E-state index in [1.165, 1.54) is 24.3 Å². The van der Waals surface area contributed by atoms with Gasteiger partial charge in [-0.2, -0.15) is 0 Å². The minimum atomic E-state index is -1.12. The molecule has 0 amide bonds. The van der Waals surface area contributed by atoms with Crippen molar-refractivity contribution in [2.24, 2.45) is 0 Å². The van der Waals surface area contributed by atoms with Crippen LogP contribution < -0.4 is 0 Å². The van der Waals surface area contributed by atoms with Crippen LogP contribution in [-0.4, -0.2) is 47.3 Å². The Labute approximate surface area is 203 Å². The zero-order chi connectivity index (χ0) is 23.9. The van der Waals surface area contributed by atoms with Gasteiger partial charge in [-0.15, -0.1) is 0 Å². The topological polar surface area (TPSA) is 127 Å². The van der Waals surface area contributed by atoms with Gasteiger partial charge in [0, 0.05) is 16.8 Å². The van der Waals surface area contributed by atoms with E-state index in [-0.39, 0.29) is 39.0 Å². The molecule has 2 rings (SSSR count). The largest absolute Gasteiger partial charge is 0.478 e. The third kappa shape index (κ3) is 10.3. The Balaban J connectivity index is 0.000000602. The summed E-state index contributed by atoms with van der Waals surface area (Å²) in [6, 6.07) is 12.1. The number of carbonyl (C=O) groups excluding carboxylic acids is 2. The summed E-state index contributed by atoms with van der Waals surface area (Å²) < 4.78 is 9.91. The molecule has 0 spiro atoms. The number of carboxylic acids is 2. The molecule has 0 aromatic heterocycles. The van der Waals surface area contributed by atoms with Crippen molar-refractivity contribution in [3.8, 4) is 0 Å². The van der Waals surface area contributed by atoms with E-state index in [2.05, 4.69) is 0 Å². The molecule has 2 aromatic rings. The molecule has 0 fully saturated rings. The summed E-state index contributed by atoms with van der Waals surface area (Å²) in [7, 11) is 0. The van der Waals surface area contributed by atoms with Crippen LogP contribution in [0, 0.1) is 0 Å². The van der Waals surface area contributed by atoms with E-state index in [9.17, 15) is 19.2 Å². The number of hydrogen-bond donors (Lipinski definition) is 2. The Kier molecular flexibility index (Phi) is 14.9. The van der Waals surface area contributed by atoms with Crippen LogP contribution >= 0.6 is 0 Å². The van der Waals surface area contributed by atoms with Gasteiger partial charge in [0.1, 0.15) is 0 Å². The molecule has 0 aliphatic carbocycles. The fraction of sp³-hybridized carbons (Fsp3) is 0.333. The van der Waals surface area contributed by atoms with Crippen molar-refractivity contribution < 1.29 is 55.6 Å². The second kappa shape index (κ2) is 16.5. The van der Waals surface area contributed by atoms with Gasteiger partial charge in [-0.3, -0.25) is 0 Å². The van der Waals surface area contributed by atoms with Crippen molar-refractivity contribution >= 4 is 23.9 Å². The fourth-order valence-electron chi connectivity index (χ4n) is 2.47. The van der Waals surface area contributed by atoms with Gasteiger partial charge >= 0.3 is 23.9 Å². The van der Waals surface area contributed by atoms with Crippen LogP contribution in [0.3, 0.4) is 0 Å². The zero-order valence-corrected chi connectivity index (χ0v) is 19.6. The third-order valence-corrected chi connectivity index (χ3v) is 4.22. The van der Waals surface area contributed by atoms with Crippen molar-refractivity contribution in [3.05, 3.63) is 70.8 Å². The smallest absolute Gasteiger partial charge is 0.339 e. The molecule has 0 saturated heterocycles. The van der Waals surface area contributed by atoms with E-state index >= 15 is 0 Å². The molecule has 33 heavy (non-hydrogen) atoms. The van der Waals surface area contributed by atoms with E-state index in [0.29, 0.717) is 13.2 Å². The Morgan fingerprint density at radius 3 is 1.21 bits per heavy atom. The van der Waals surface area contributed by atoms with Crippen LogP contribution in [0.5, 0.6) is 0 Å². The van der Waals surface area contributed by atoms with E-state index in [0.717, 1.165) is 25.7 Å². The van der Waals surface area contributed by atoms with E-state index in [4.69, 9.17) is 19.7 Å². The van der Waals surface area contributed by atoms with Crippen LogP contribution in [0.2, 0.25) is 0 Å². The molecular formula is C24H28CoO8. The number of carboxylic acid groups (broad SMARTS) is 2. The van der Waals surface area contributed by atoms with Crippen molar-refractivity contribution in [2.75, 3.05) is 13.2 Å². The summed E-state index contributed by atoms with van der Waals surface area (Å²) in [5.41, 5.74) is 0.158. The molecular weight excluding hydrogens is 475 g/mol. The van der Waals surface area contributed by atoms with Gasteiger partial charge in [0.2, 0.25) is 0 Å². The first-order valence-corrected chi connectivity index (χ1v) is 10.3. The number of carbonyl (C=O) groups is 4. The van der Waals surface area contributed by atoms with E-state index in [1.807, 2.05) is 13.8 Å². The van der Waals surface area contributed by atoms with Gasteiger partial charge in [-0.1, -0.05) is 51.0 Å². The third-order valence-electron chi connectivity index (χ3n) is 4.22.